The van der Waals surface area contributed by atoms with Crippen LogP contribution in [-0.2, 0) is 0 Å². The quantitative estimate of drug-likeness (QED) is 0.615. The molecule has 0 aliphatic heterocycles. The van der Waals surface area contributed by atoms with Gasteiger partial charge >= 0.3 is 26.2 Å². The summed E-state index contributed by atoms with van der Waals surface area (Å²) in [5.41, 5.74) is 0. The van der Waals surface area contributed by atoms with Crippen molar-refractivity contribution in [2.24, 2.45) is 0 Å². The van der Waals surface area contributed by atoms with Crippen LogP contribution in [0.15, 0.2) is 18.2 Å². The zero-order valence-corrected chi connectivity index (χ0v) is 5.87. The van der Waals surface area contributed by atoms with Gasteiger partial charge < -0.3 is 14.7 Å². The third-order valence-corrected chi connectivity index (χ3v) is 1.08. The SMILES string of the molecule is OB(O)Oc1cc(F)cc(F)c1.[LiH]. The molecule has 1 rings (SSSR count). The fourth-order valence-corrected chi connectivity index (χ4v) is 0.718. The van der Waals surface area contributed by atoms with E-state index in [-0.39, 0.29) is 24.6 Å². The predicted octanol–water partition coefficient (Wildman–Crippen LogP) is -0.335. The molecule has 13 heavy (non-hydrogen) atoms. The van der Waals surface area contributed by atoms with Gasteiger partial charge in [0.1, 0.15) is 17.4 Å². The van der Waals surface area contributed by atoms with Crippen LogP contribution in [0, 0.1) is 11.6 Å². The first kappa shape index (κ1) is 12.5. The summed E-state index contributed by atoms with van der Waals surface area (Å²) in [4.78, 5) is 0. The van der Waals surface area contributed by atoms with Crippen LogP contribution >= 0.6 is 0 Å². The molecule has 0 heterocycles. The van der Waals surface area contributed by atoms with E-state index in [4.69, 9.17) is 10.0 Å². The molecule has 0 bridgehead atoms. The third-order valence-electron chi connectivity index (χ3n) is 1.08. The van der Waals surface area contributed by atoms with E-state index in [1.165, 1.54) is 0 Å². The summed E-state index contributed by atoms with van der Waals surface area (Å²) in [6.45, 7) is 0. The number of halogens is 2. The van der Waals surface area contributed by atoms with Gasteiger partial charge in [-0.3, -0.25) is 0 Å². The topological polar surface area (TPSA) is 49.7 Å². The molecule has 0 aliphatic carbocycles. The molecule has 0 atom stereocenters. The molecule has 2 N–H and O–H groups in total. The van der Waals surface area contributed by atoms with E-state index >= 15 is 0 Å². The average molecular weight is 182 g/mol. The molecular weight excluding hydrogens is 176 g/mol. The molecule has 0 amide bonds. The summed E-state index contributed by atoms with van der Waals surface area (Å²) in [7, 11) is -2.08. The Morgan fingerprint density at radius 3 is 1.92 bits per heavy atom. The fourth-order valence-electron chi connectivity index (χ4n) is 0.718. The van der Waals surface area contributed by atoms with Crippen molar-refractivity contribution in [3.05, 3.63) is 29.8 Å². The first-order valence-corrected chi connectivity index (χ1v) is 3.07. The van der Waals surface area contributed by atoms with Crippen LogP contribution in [0.25, 0.3) is 0 Å². The van der Waals surface area contributed by atoms with E-state index in [9.17, 15) is 8.78 Å². The van der Waals surface area contributed by atoms with Gasteiger partial charge in [-0.25, -0.2) is 8.78 Å². The van der Waals surface area contributed by atoms with Gasteiger partial charge in [-0.1, -0.05) is 0 Å². The summed E-state index contributed by atoms with van der Waals surface area (Å²) in [5.74, 6) is -1.96. The Balaban J connectivity index is 0.00000144. The number of hydrogen-bond donors (Lipinski definition) is 2. The molecular formula is C6H6BF2LiO3. The van der Waals surface area contributed by atoms with Crippen LogP contribution in [0.5, 0.6) is 5.75 Å². The first-order valence-electron chi connectivity index (χ1n) is 3.07. The second-order valence-corrected chi connectivity index (χ2v) is 2.05. The van der Waals surface area contributed by atoms with Crippen molar-refractivity contribution in [3.8, 4) is 5.75 Å². The van der Waals surface area contributed by atoms with Crippen LogP contribution in [-0.4, -0.2) is 36.2 Å². The molecule has 0 aromatic heterocycles. The molecule has 66 valence electrons. The Labute approximate surface area is 85.7 Å². The molecule has 0 unspecified atom stereocenters. The molecule has 0 spiro atoms. The van der Waals surface area contributed by atoms with Gasteiger partial charge in [0.2, 0.25) is 0 Å². The Kier molecular flexibility index (Phi) is 5.03. The van der Waals surface area contributed by atoms with Gasteiger partial charge in [-0.2, -0.15) is 0 Å². The predicted molar refractivity (Wildman–Crippen MR) is 44.3 cm³/mol. The van der Waals surface area contributed by atoms with Gasteiger partial charge in [-0.05, 0) is 0 Å². The molecule has 1 aromatic carbocycles. The van der Waals surface area contributed by atoms with E-state index < -0.39 is 19.0 Å². The van der Waals surface area contributed by atoms with Crippen LogP contribution in [0.1, 0.15) is 0 Å². The Bertz CT molecular complexity index is 264. The summed E-state index contributed by atoms with van der Waals surface area (Å²) in [5, 5.41) is 16.6. The molecule has 0 fully saturated rings. The van der Waals surface area contributed by atoms with Crippen molar-refractivity contribution in [3.63, 3.8) is 0 Å². The Morgan fingerprint density at radius 1 is 1.08 bits per heavy atom. The summed E-state index contributed by atoms with van der Waals surface area (Å²) in [6.07, 6.45) is 0. The number of benzene rings is 1. The van der Waals surface area contributed by atoms with Crippen LogP contribution < -0.4 is 4.65 Å². The van der Waals surface area contributed by atoms with E-state index in [2.05, 4.69) is 4.65 Å². The van der Waals surface area contributed by atoms with E-state index in [0.29, 0.717) is 6.07 Å². The molecule has 0 radical (unpaired) electrons. The molecule has 1 aromatic rings. The van der Waals surface area contributed by atoms with E-state index in [0.717, 1.165) is 12.1 Å². The number of hydrogen-bond acceptors (Lipinski definition) is 3. The number of rotatable bonds is 2. The van der Waals surface area contributed by atoms with Crippen molar-refractivity contribution in [2.75, 3.05) is 0 Å². The maximum atomic E-state index is 12.4. The van der Waals surface area contributed by atoms with Crippen molar-refractivity contribution in [1.82, 2.24) is 0 Å². The molecule has 0 saturated carbocycles. The van der Waals surface area contributed by atoms with Crippen molar-refractivity contribution < 1.29 is 23.5 Å². The summed E-state index contributed by atoms with van der Waals surface area (Å²) >= 11 is 0. The van der Waals surface area contributed by atoms with Gasteiger partial charge in [0, 0.05) is 18.2 Å². The van der Waals surface area contributed by atoms with Crippen molar-refractivity contribution in [1.29, 1.82) is 0 Å². The summed E-state index contributed by atoms with van der Waals surface area (Å²) in [6, 6.07) is 2.32. The summed E-state index contributed by atoms with van der Waals surface area (Å²) < 4.78 is 29.0. The van der Waals surface area contributed by atoms with Crippen LogP contribution in [0.4, 0.5) is 8.78 Å². The van der Waals surface area contributed by atoms with Crippen LogP contribution in [0.2, 0.25) is 0 Å². The standard InChI is InChI=1S/C6H5BF2O3.Li.H/c8-4-1-5(9)3-6(2-4)12-7(10)11;;/h1-3,10-11H;;. The normalized spacial score (nSPS) is 8.92. The molecule has 0 aliphatic rings. The van der Waals surface area contributed by atoms with Crippen molar-refractivity contribution in [2.45, 2.75) is 0 Å². The molecule has 3 nitrogen and oxygen atoms in total. The zero-order valence-electron chi connectivity index (χ0n) is 5.87. The monoisotopic (exact) mass is 182 g/mol. The van der Waals surface area contributed by atoms with Crippen LogP contribution in [0.3, 0.4) is 0 Å². The van der Waals surface area contributed by atoms with Gasteiger partial charge in [-0.15, -0.1) is 0 Å². The van der Waals surface area contributed by atoms with Crippen molar-refractivity contribution >= 4 is 26.2 Å². The second kappa shape index (κ2) is 5.25. The Morgan fingerprint density at radius 2 is 1.54 bits per heavy atom. The molecule has 7 heteroatoms. The van der Waals surface area contributed by atoms with E-state index in [1.54, 1.807) is 0 Å². The maximum absolute atomic E-state index is 12.4. The minimum absolute atomic E-state index is 0. The third kappa shape index (κ3) is 4.29. The molecule has 0 saturated heterocycles. The van der Waals surface area contributed by atoms with E-state index in [1.807, 2.05) is 0 Å². The average Bonchev–Trinajstić information content (AvgIpc) is 1.81. The fraction of sp³-hybridized carbons (Fsp3) is 0. The minimum atomic E-state index is -2.08. The van der Waals surface area contributed by atoms with Gasteiger partial charge in [0.05, 0.1) is 0 Å². The zero-order chi connectivity index (χ0) is 9.14. The van der Waals surface area contributed by atoms with Gasteiger partial charge in [0.15, 0.2) is 0 Å². The first-order chi connectivity index (χ1) is 5.58. The Hall–Kier alpha value is -0.538. The van der Waals surface area contributed by atoms with Gasteiger partial charge in [0.25, 0.3) is 0 Å². The second-order valence-electron chi connectivity index (χ2n) is 2.05.